The van der Waals surface area contributed by atoms with E-state index in [2.05, 4.69) is 10.6 Å². The fourth-order valence-electron chi connectivity index (χ4n) is 6.00. The van der Waals surface area contributed by atoms with Crippen molar-refractivity contribution in [3.05, 3.63) is 95.3 Å². The highest BCUT2D eigenvalue weighted by molar-refractivity contribution is 6.15. The quantitative estimate of drug-likeness (QED) is 0.483. The number of nitrogens with zero attached hydrogens (tertiary/aromatic N) is 1. The number of fused-ring (bicyclic) bond motifs is 4. The molecule has 3 N–H and O–H groups in total. The van der Waals surface area contributed by atoms with Crippen molar-refractivity contribution in [1.29, 1.82) is 0 Å². The number of rotatable bonds is 5. The standard InChI is InChI=1S/C28H24FN3O4/c29-18-8-11-21-20(15-18)28(27(36)30-21)24-23(22(31-28)14-17-6-9-19(33)10-7-17)25(34)32(26(24)35)13-12-16-4-2-1-3-5-16/h1-11,15,22-24,31,33H,12-14H2,(H,30,36)/t22-,23-,24+,28+/m1/s1. The highest BCUT2D eigenvalue weighted by atomic mass is 19.1. The number of carbonyl (C=O) groups is 3. The monoisotopic (exact) mass is 485 g/mol. The van der Waals surface area contributed by atoms with E-state index in [1.165, 1.54) is 23.1 Å². The fraction of sp³-hybridized carbons (Fsp3) is 0.250. The van der Waals surface area contributed by atoms with Crippen LogP contribution in [-0.2, 0) is 32.8 Å². The number of anilines is 1. The van der Waals surface area contributed by atoms with Crippen molar-refractivity contribution in [1.82, 2.24) is 10.2 Å². The molecule has 0 aliphatic carbocycles. The largest absolute Gasteiger partial charge is 0.508 e. The number of imide groups is 1. The van der Waals surface area contributed by atoms with Gasteiger partial charge in [0.2, 0.25) is 17.7 Å². The minimum atomic E-state index is -1.54. The molecule has 3 amide bonds. The zero-order valence-corrected chi connectivity index (χ0v) is 19.3. The van der Waals surface area contributed by atoms with Gasteiger partial charge in [0.1, 0.15) is 17.1 Å². The summed E-state index contributed by atoms with van der Waals surface area (Å²) in [7, 11) is 0. The zero-order valence-electron chi connectivity index (χ0n) is 19.3. The molecule has 3 aliphatic heterocycles. The lowest BCUT2D eigenvalue weighted by Gasteiger charge is -2.29. The van der Waals surface area contributed by atoms with E-state index in [-0.39, 0.29) is 18.2 Å². The normalized spacial score (nSPS) is 26.4. The average Bonchev–Trinajstić information content (AvgIpc) is 3.44. The van der Waals surface area contributed by atoms with Crippen molar-refractivity contribution in [2.24, 2.45) is 11.8 Å². The molecule has 2 fully saturated rings. The predicted octanol–water partition coefficient (Wildman–Crippen LogP) is 2.74. The Kier molecular flexibility index (Phi) is 5.15. The van der Waals surface area contributed by atoms with E-state index in [1.54, 1.807) is 24.3 Å². The number of hydrogen-bond acceptors (Lipinski definition) is 5. The second-order valence-corrected chi connectivity index (χ2v) is 9.64. The molecule has 8 heteroatoms. The summed E-state index contributed by atoms with van der Waals surface area (Å²) in [5.41, 5.74) is 1.07. The first-order chi connectivity index (χ1) is 17.4. The van der Waals surface area contributed by atoms with Crippen molar-refractivity contribution in [2.75, 3.05) is 11.9 Å². The predicted molar refractivity (Wildman–Crippen MR) is 129 cm³/mol. The van der Waals surface area contributed by atoms with E-state index < -0.39 is 41.0 Å². The summed E-state index contributed by atoms with van der Waals surface area (Å²) in [6, 6.07) is 19.6. The number of phenolic OH excluding ortho intramolecular Hbond substituents is 1. The maximum absolute atomic E-state index is 14.4. The summed E-state index contributed by atoms with van der Waals surface area (Å²) < 4.78 is 14.4. The molecule has 36 heavy (non-hydrogen) atoms. The van der Waals surface area contributed by atoms with Crippen LogP contribution in [0, 0.1) is 17.7 Å². The van der Waals surface area contributed by atoms with E-state index in [0.29, 0.717) is 24.1 Å². The van der Waals surface area contributed by atoms with Gasteiger partial charge in [-0.3, -0.25) is 24.6 Å². The summed E-state index contributed by atoms with van der Waals surface area (Å²) in [6.07, 6.45) is 0.852. The maximum atomic E-state index is 14.4. The molecule has 0 aromatic heterocycles. The number of amides is 3. The number of likely N-dealkylation sites (tertiary alicyclic amines) is 1. The van der Waals surface area contributed by atoms with Crippen LogP contribution in [0.25, 0.3) is 0 Å². The Morgan fingerprint density at radius 3 is 2.42 bits per heavy atom. The van der Waals surface area contributed by atoms with Crippen LogP contribution in [0.4, 0.5) is 10.1 Å². The third kappa shape index (κ3) is 3.32. The lowest BCUT2D eigenvalue weighted by molar-refractivity contribution is -0.142. The van der Waals surface area contributed by atoms with Crippen LogP contribution in [0.1, 0.15) is 16.7 Å². The van der Waals surface area contributed by atoms with Crippen molar-refractivity contribution in [3.63, 3.8) is 0 Å². The number of halogens is 1. The van der Waals surface area contributed by atoms with Gasteiger partial charge >= 0.3 is 0 Å². The van der Waals surface area contributed by atoms with Gasteiger partial charge in [-0.05, 0) is 54.3 Å². The van der Waals surface area contributed by atoms with E-state index in [0.717, 1.165) is 11.1 Å². The number of benzene rings is 3. The number of phenols is 1. The highest BCUT2D eigenvalue weighted by Gasteiger charge is 2.70. The molecule has 182 valence electrons. The molecule has 0 bridgehead atoms. The van der Waals surface area contributed by atoms with Gasteiger partial charge in [-0.1, -0.05) is 42.5 Å². The lowest BCUT2D eigenvalue weighted by Crippen LogP contribution is -2.53. The first-order valence-electron chi connectivity index (χ1n) is 11.9. The van der Waals surface area contributed by atoms with Gasteiger partial charge in [0.05, 0.1) is 11.8 Å². The molecule has 3 aromatic rings. The first-order valence-corrected chi connectivity index (χ1v) is 11.9. The molecular weight excluding hydrogens is 461 g/mol. The molecule has 2 saturated heterocycles. The van der Waals surface area contributed by atoms with Crippen LogP contribution >= 0.6 is 0 Å². The molecule has 1 spiro atoms. The van der Waals surface area contributed by atoms with Crippen LogP contribution in [-0.4, -0.2) is 40.3 Å². The van der Waals surface area contributed by atoms with Crippen molar-refractivity contribution >= 4 is 23.4 Å². The second-order valence-electron chi connectivity index (χ2n) is 9.64. The maximum Gasteiger partial charge on any atom is 0.250 e. The summed E-state index contributed by atoms with van der Waals surface area (Å²) in [5.74, 6) is -3.40. The Morgan fingerprint density at radius 1 is 0.917 bits per heavy atom. The Hall–Kier alpha value is -4.04. The van der Waals surface area contributed by atoms with Gasteiger partial charge < -0.3 is 10.4 Å². The first kappa shape index (κ1) is 22.4. The SMILES string of the molecule is O=C1[C@H]2[C@@H](C(=O)N1CCc1ccccc1)[C@]1(N[C@@H]2Cc2ccc(O)cc2)C(=O)Nc2ccc(F)cc21. The smallest absolute Gasteiger partial charge is 0.250 e. The second kappa shape index (κ2) is 8.27. The molecule has 3 aromatic carbocycles. The lowest BCUT2D eigenvalue weighted by atomic mass is 9.76. The molecule has 0 unspecified atom stereocenters. The van der Waals surface area contributed by atoms with Crippen LogP contribution in [0.15, 0.2) is 72.8 Å². The molecule has 7 nitrogen and oxygen atoms in total. The Balaban J connectivity index is 1.40. The van der Waals surface area contributed by atoms with E-state index in [4.69, 9.17) is 0 Å². The van der Waals surface area contributed by atoms with Gasteiger partial charge in [-0.15, -0.1) is 0 Å². The van der Waals surface area contributed by atoms with E-state index in [9.17, 15) is 23.9 Å². The van der Waals surface area contributed by atoms with Crippen molar-refractivity contribution in [3.8, 4) is 5.75 Å². The van der Waals surface area contributed by atoms with Crippen LogP contribution in [0.2, 0.25) is 0 Å². The molecular formula is C28H24FN3O4. The fourth-order valence-corrected chi connectivity index (χ4v) is 6.00. The van der Waals surface area contributed by atoms with E-state index >= 15 is 0 Å². The minimum Gasteiger partial charge on any atom is -0.508 e. The molecule has 6 rings (SSSR count). The van der Waals surface area contributed by atoms with Crippen LogP contribution in [0.5, 0.6) is 5.75 Å². The number of hydrogen-bond donors (Lipinski definition) is 3. The van der Waals surface area contributed by atoms with Gasteiger partial charge in [-0.2, -0.15) is 0 Å². The summed E-state index contributed by atoms with van der Waals surface area (Å²) in [5, 5.41) is 15.8. The zero-order chi connectivity index (χ0) is 25.0. The summed E-state index contributed by atoms with van der Waals surface area (Å²) in [4.78, 5) is 42.3. The molecule has 3 heterocycles. The van der Waals surface area contributed by atoms with Gasteiger partial charge in [0, 0.05) is 23.8 Å². The molecule has 0 saturated carbocycles. The molecule has 0 radical (unpaired) electrons. The Morgan fingerprint density at radius 2 is 1.67 bits per heavy atom. The van der Waals surface area contributed by atoms with Crippen LogP contribution in [0.3, 0.4) is 0 Å². The van der Waals surface area contributed by atoms with Crippen molar-refractivity contribution < 1.29 is 23.9 Å². The summed E-state index contributed by atoms with van der Waals surface area (Å²) >= 11 is 0. The number of carbonyl (C=O) groups excluding carboxylic acids is 3. The van der Waals surface area contributed by atoms with Crippen LogP contribution < -0.4 is 10.6 Å². The van der Waals surface area contributed by atoms with Gasteiger partial charge in [0.25, 0.3) is 0 Å². The Bertz CT molecular complexity index is 1380. The molecule has 3 aliphatic rings. The van der Waals surface area contributed by atoms with E-state index in [1.807, 2.05) is 30.3 Å². The van der Waals surface area contributed by atoms with Gasteiger partial charge in [0.15, 0.2) is 0 Å². The summed E-state index contributed by atoms with van der Waals surface area (Å²) in [6.45, 7) is 0.203. The Labute approximate surface area is 206 Å². The molecule has 4 atom stereocenters. The highest BCUT2D eigenvalue weighted by Crippen LogP contribution is 2.53. The van der Waals surface area contributed by atoms with Crippen molar-refractivity contribution in [2.45, 2.75) is 24.4 Å². The topological polar surface area (TPSA) is 98.7 Å². The average molecular weight is 486 g/mol. The minimum absolute atomic E-state index is 0.117. The third-order valence-electron chi connectivity index (χ3n) is 7.63. The number of aromatic hydroxyl groups is 1. The number of nitrogens with one attached hydrogen (secondary N) is 2. The van der Waals surface area contributed by atoms with Gasteiger partial charge in [-0.25, -0.2) is 4.39 Å². The third-order valence-corrected chi connectivity index (χ3v) is 7.63.